The average molecular weight is 380 g/mol. The Bertz CT molecular complexity index is 598. The van der Waals surface area contributed by atoms with Gasteiger partial charge in [0.25, 0.3) is 0 Å². The normalized spacial score (nSPS) is 22.4. The minimum absolute atomic E-state index is 0.0705. The topological polar surface area (TPSA) is 96.8 Å². The third kappa shape index (κ3) is 4.64. The van der Waals surface area contributed by atoms with Gasteiger partial charge in [0.05, 0.1) is 6.61 Å². The zero-order valence-corrected chi connectivity index (χ0v) is 14.7. The number of nitrogens with zero attached hydrogens (tertiary/aromatic N) is 1. The summed E-state index contributed by atoms with van der Waals surface area (Å²) in [5.74, 6) is 5.07. The second-order valence-corrected chi connectivity index (χ2v) is 7.02. The van der Waals surface area contributed by atoms with E-state index in [4.69, 9.17) is 16.3 Å². The van der Waals surface area contributed by atoms with Crippen molar-refractivity contribution in [1.29, 1.82) is 0 Å². The molecule has 1 aromatic rings. The van der Waals surface area contributed by atoms with Crippen molar-refractivity contribution in [2.24, 2.45) is 11.6 Å². The molecule has 3 rings (SSSR count). The molecule has 1 fully saturated rings. The molecule has 0 saturated carbocycles. The minimum Gasteiger partial charge on any atom is -0.403 e. The van der Waals surface area contributed by atoms with Gasteiger partial charge >= 0.3 is 6.18 Å². The van der Waals surface area contributed by atoms with Crippen molar-refractivity contribution in [1.82, 2.24) is 10.3 Å². The number of rotatable bonds is 1. The van der Waals surface area contributed by atoms with Crippen LogP contribution in [-0.2, 0) is 16.5 Å². The van der Waals surface area contributed by atoms with E-state index in [0.717, 1.165) is 19.2 Å². The van der Waals surface area contributed by atoms with Gasteiger partial charge in [-0.1, -0.05) is 0 Å². The van der Waals surface area contributed by atoms with Crippen molar-refractivity contribution in [3.63, 3.8) is 0 Å². The summed E-state index contributed by atoms with van der Waals surface area (Å²) in [7, 11) is 1.70. The second kappa shape index (κ2) is 7.92. The summed E-state index contributed by atoms with van der Waals surface area (Å²) in [6.45, 7) is 1.50. The number of halogens is 3. The number of hydrogen-bond donors (Lipinski definition) is 4. The molecule has 10 heteroatoms. The zero-order valence-electron chi connectivity index (χ0n) is 13.8. The first kappa shape index (κ1) is 20.0. The lowest BCUT2D eigenvalue weighted by atomic mass is 9.85. The van der Waals surface area contributed by atoms with Crippen molar-refractivity contribution in [2.75, 3.05) is 26.7 Å². The number of nitrogens with two attached hydrogens (primary N) is 2. The van der Waals surface area contributed by atoms with Crippen molar-refractivity contribution >= 4 is 11.3 Å². The maximum absolute atomic E-state index is 12.8. The second-order valence-electron chi connectivity index (χ2n) is 5.97. The molecule has 2 aliphatic rings. The van der Waals surface area contributed by atoms with E-state index in [9.17, 15) is 18.3 Å². The Balaban J connectivity index is 0.000000326. The maximum Gasteiger partial charge on any atom is 0.425 e. The third-order valence-electron chi connectivity index (χ3n) is 4.06. The number of aliphatic hydroxyl groups is 1. The Labute approximate surface area is 148 Å². The van der Waals surface area contributed by atoms with Gasteiger partial charge in [-0.3, -0.25) is 0 Å². The van der Waals surface area contributed by atoms with E-state index >= 15 is 0 Å². The molecule has 1 atom stereocenters. The number of hydrogen-bond acceptors (Lipinski definition) is 7. The molecule has 0 aliphatic carbocycles. The van der Waals surface area contributed by atoms with Crippen molar-refractivity contribution < 1.29 is 23.0 Å². The molecule has 6 N–H and O–H groups in total. The standard InChI is InChI=1S/C12H14F3NO2S.C3H9N3/c13-12(14,15)9-5-7-8(17)6-18-11(10(7)19-9)1-3-16-4-2-11;1-6(5)3-2-4/h5,8,16-17H,1-4,6H2;2-3H,4-5H2,1H3/b;3-2-. The van der Waals surface area contributed by atoms with E-state index < -0.39 is 22.8 Å². The number of ether oxygens (including phenoxy) is 1. The predicted molar refractivity (Wildman–Crippen MR) is 89.3 cm³/mol. The molecule has 3 heterocycles. The fraction of sp³-hybridized carbons (Fsp3) is 0.600. The highest BCUT2D eigenvalue weighted by Gasteiger charge is 2.46. The zero-order chi connectivity index (χ0) is 18.7. The highest BCUT2D eigenvalue weighted by Crippen LogP contribution is 2.49. The first-order chi connectivity index (χ1) is 11.7. The Hall–Kier alpha value is -1.33. The minimum atomic E-state index is -4.37. The van der Waals surface area contributed by atoms with E-state index in [1.54, 1.807) is 13.2 Å². The number of piperidine rings is 1. The molecule has 0 amide bonds. The van der Waals surface area contributed by atoms with E-state index in [2.05, 4.69) is 5.32 Å². The monoisotopic (exact) mass is 380 g/mol. The molecule has 1 aromatic heterocycles. The van der Waals surface area contributed by atoms with E-state index in [-0.39, 0.29) is 6.61 Å². The third-order valence-corrected chi connectivity index (χ3v) is 5.44. The van der Waals surface area contributed by atoms with E-state index in [1.807, 2.05) is 0 Å². The Kier molecular flexibility index (Phi) is 6.33. The van der Waals surface area contributed by atoms with Gasteiger partial charge in [-0.25, -0.2) is 5.84 Å². The van der Waals surface area contributed by atoms with Crippen LogP contribution in [0.25, 0.3) is 0 Å². The first-order valence-corrected chi connectivity index (χ1v) is 8.61. The summed E-state index contributed by atoms with van der Waals surface area (Å²) in [5, 5.41) is 14.4. The van der Waals surface area contributed by atoms with Crippen LogP contribution < -0.4 is 16.9 Å². The van der Waals surface area contributed by atoms with Gasteiger partial charge < -0.3 is 25.9 Å². The number of hydrazine groups is 1. The number of nitrogens with one attached hydrogen (secondary N) is 1. The van der Waals surface area contributed by atoms with Gasteiger partial charge in [0.2, 0.25) is 0 Å². The lowest BCUT2D eigenvalue weighted by molar-refractivity contribution is -0.134. The highest BCUT2D eigenvalue weighted by atomic mass is 32.1. The van der Waals surface area contributed by atoms with Crippen LogP contribution >= 0.6 is 11.3 Å². The number of aliphatic hydroxyl groups excluding tert-OH is 1. The molecule has 25 heavy (non-hydrogen) atoms. The molecule has 6 nitrogen and oxygen atoms in total. The van der Waals surface area contributed by atoms with Crippen LogP contribution in [0.5, 0.6) is 0 Å². The Morgan fingerprint density at radius 1 is 1.44 bits per heavy atom. The van der Waals surface area contributed by atoms with Gasteiger partial charge in [-0.2, -0.15) is 13.2 Å². The van der Waals surface area contributed by atoms with Gasteiger partial charge in [-0.05, 0) is 32.0 Å². The molecule has 2 aliphatic heterocycles. The van der Waals surface area contributed by atoms with Crippen LogP contribution in [0.3, 0.4) is 0 Å². The average Bonchev–Trinajstić information content (AvgIpc) is 3.00. The molecule has 1 saturated heterocycles. The molecule has 1 spiro atoms. The number of fused-ring (bicyclic) bond motifs is 2. The summed E-state index contributed by atoms with van der Waals surface area (Å²) in [6, 6.07) is 1.08. The van der Waals surface area contributed by atoms with Gasteiger partial charge in [0.15, 0.2) is 0 Å². The van der Waals surface area contributed by atoms with Crippen molar-refractivity contribution in [2.45, 2.75) is 30.7 Å². The van der Waals surface area contributed by atoms with Gasteiger partial charge in [0, 0.05) is 29.9 Å². The first-order valence-electron chi connectivity index (χ1n) is 7.79. The summed E-state index contributed by atoms with van der Waals surface area (Å²) >= 11 is 0.714. The van der Waals surface area contributed by atoms with Crippen molar-refractivity contribution in [3.05, 3.63) is 33.8 Å². The van der Waals surface area contributed by atoms with Crippen LogP contribution in [0.15, 0.2) is 18.5 Å². The quantitative estimate of drug-likeness (QED) is 0.437. The summed E-state index contributed by atoms with van der Waals surface area (Å²) in [6.07, 6.45) is -1.10. The maximum atomic E-state index is 12.8. The predicted octanol–water partition coefficient (Wildman–Crippen LogP) is 1.63. The molecule has 0 bridgehead atoms. The van der Waals surface area contributed by atoms with Crippen LogP contribution in [0.4, 0.5) is 13.2 Å². The molecule has 142 valence electrons. The summed E-state index contributed by atoms with van der Waals surface area (Å²) < 4.78 is 44.2. The van der Waals surface area contributed by atoms with Gasteiger partial charge in [0.1, 0.15) is 16.6 Å². The fourth-order valence-electron chi connectivity index (χ4n) is 2.88. The highest BCUT2D eigenvalue weighted by molar-refractivity contribution is 7.12. The van der Waals surface area contributed by atoms with Crippen LogP contribution in [0.1, 0.15) is 34.3 Å². The Morgan fingerprint density at radius 3 is 2.56 bits per heavy atom. The van der Waals surface area contributed by atoms with Crippen LogP contribution in [-0.4, -0.2) is 36.9 Å². The molecular formula is C15H23F3N4O2S. The molecule has 1 unspecified atom stereocenters. The molecule has 0 aromatic carbocycles. The Morgan fingerprint density at radius 2 is 2.08 bits per heavy atom. The number of alkyl halides is 3. The smallest absolute Gasteiger partial charge is 0.403 e. The molecule has 0 radical (unpaired) electrons. The van der Waals surface area contributed by atoms with Crippen molar-refractivity contribution in [3.8, 4) is 0 Å². The van der Waals surface area contributed by atoms with E-state index in [1.165, 1.54) is 11.2 Å². The fourth-order valence-corrected chi connectivity index (χ4v) is 4.16. The van der Waals surface area contributed by atoms with Crippen LogP contribution in [0.2, 0.25) is 0 Å². The van der Waals surface area contributed by atoms with Crippen LogP contribution in [0, 0.1) is 0 Å². The molecular weight excluding hydrogens is 357 g/mol. The summed E-state index contributed by atoms with van der Waals surface area (Å²) in [4.78, 5) is -0.0972. The lowest BCUT2D eigenvalue weighted by Crippen LogP contribution is -2.44. The van der Waals surface area contributed by atoms with Gasteiger partial charge in [-0.15, -0.1) is 11.3 Å². The van der Waals surface area contributed by atoms with E-state index in [0.29, 0.717) is 34.6 Å². The lowest BCUT2D eigenvalue weighted by Gasteiger charge is -2.41. The largest absolute Gasteiger partial charge is 0.425 e. The number of thiophene rings is 1. The summed E-state index contributed by atoms with van der Waals surface area (Å²) in [5.41, 5.74) is 4.68. The SMILES string of the molecule is CN(N)/C=C\N.OC1COC2(CCNCC2)c2sc(C(F)(F)F)cc21.